The Kier molecular flexibility index (Phi) is 6.30. The number of rotatable bonds is 7. The Balaban J connectivity index is 1.56. The molecular weight excluding hydrogens is 404 g/mol. The van der Waals surface area contributed by atoms with E-state index >= 15 is 0 Å². The van der Waals surface area contributed by atoms with Crippen LogP contribution in [0.15, 0.2) is 54.6 Å². The molecule has 0 spiro atoms. The summed E-state index contributed by atoms with van der Waals surface area (Å²) in [5, 5.41) is 22.9. The van der Waals surface area contributed by atoms with Crippen molar-refractivity contribution in [2.24, 2.45) is 0 Å². The minimum atomic E-state index is -0.505. The van der Waals surface area contributed by atoms with Crippen LogP contribution in [-0.2, 0) is 11.4 Å². The molecule has 28 heavy (non-hydrogen) atoms. The van der Waals surface area contributed by atoms with Gasteiger partial charge >= 0.3 is 0 Å². The number of carbonyl (C=O) groups is 1. The van der Waals surface area contributed by atoms with Gasteiger partial charge in [-0.2, -0.15) is 0 Å². The Hall–Kier alpha value is -3.30. The average molecular weight is 417 g/mol. The van der Waals surface area contributed by atoms with Crippen LogP contribution in [0.2, 0.25) is 5.02 Å². The summed E-state index contributed by atoms with van der Waals surface area (Å²) >= 11 is 6.98. The number of amides is 1. The van der Waals surface area contributed by atoms with Crippen molar-refractivity contribution in [1.82, 2.24) is 10.2 Å². The van der Waals surface area contributed by atoms with Gasteiger partial charge in [0.05, 0.1) is 10.5 Å². The van der Waals surface area contributed by atoms with Crippen LogP contribution in [0.1, 0.15) is 10.6 Å². The Morgan fingerprint density at radius 3 is 2.71 bits per heavy atom. The summed E-state index contributed by atoms with van der Waals surface area (Å²) < 4.78 is 5.57. The van der Waals surface area contributed by atoms with Crippen molar-refractivity contribution >= 4 is 45.7 Å². The van der Waals surface area contributed by atoms with E-state index in [1.54, 1.807) is 42.5 Å². The van der Waals surface area contributed by atoms with Gasteiger partial charge in [0, 0.05) is 17.2 Å². The van der Waals surface area contributed by atoms with E-state index in [0.29, 0.717) is 26.5 Å². The van der Waals surface area contributed by atoms with E-state index in [9.17, 15) is 14.9 Å². The van der Waals surface area contributed by atoms with E-state index in [1.807, 2.05) is 0 Å². The zero-order valence-corrected chi connectivity index (χ0v) is 15.8. The summed E-state index contributed by atoms with van der Waals surface area (Å²) in [6.07, 6.45) is 2.58. The van der Waals surface area contributed by atoms with E-state index in [1.165, 1.54) is 29.6 Å². The molecule has 1 N–H and O–H groups in total. The van der Waals surface area contributed by atoms with Crippen molar-refractivity contribution in [2.45, 2.75) is 6.61 Å². The monoisotopic (exact) mass is 416 g/mol. The van der Waals surface area contributed by atoms with E-state index in [2.05, 4.69) is 15.5 Å². The fourth-order valence-electron chi connectivity index (χ4n) is 2.15. The molecule has 0 radical (unpaired) electrons. The maximum absolute atomic E-state index is 12.0. The number of ether oxygens (including phenoxy) is 1. The fraction of sp³-hybridized carbons (Fsp3) is 0.0556. The maximum atomic E-state index is 12.0. The van der Waals surface area contributed by atoms with Crippen molar-refractivity contribution in [2.75, 3.05) is 5.32 Å². The number of hydrogen-bond donors (Lipinski definition) is 1. The summed E-state index contributed by atoms with van der Waals surface area (Å²) in [5.74, 6) is 0.164. The summed E-state index contributed by atoms with van der Waals surface area (Å²) in [5.41, 5.74) is 0.251. The highest BCUT2D eigenvalue weighted by Crippen LogP contribution is 2.21. The van der Waals surface area contributed by atoms with Gasteiger partial charge in [0.2, 0.25) is 11.0 Å². The Morgan fingerprint density at radius 1 is 1.21 bits per heavy atom. The molecule has 0 aliphatic rings. The quantitative estimate of drug-likeness (QED) is 0.349. The lowest BCUT2D eigenvalue weighted by Crippen LogP contribution is -2.07. The standard InChI is InChI=1S/C18H13ClN4O4S/c19-13-6-8-14(9-7-13)27-11-17-21-22-18(28-17)20-16(24)10-5-12-3-1-2-4-15(12)23(25)26/h1-10H,11H2,(H,20,22,24)/b10-5+. The Bertz CT molecular complexity index is 1020. The van der Waals surface area contributed by atoms with Crippen molar-refractivity contribution < 1.29 is 14.5 Å². The normalized spacial score (nSPS) is 10.8. The highest BCUT2D eigenvalue weighted by Gasteiger charge is 2.11. The molecule has 2 aromatic carbocycles. The number of nitro groups is 1. The Morgan fingerprint density at radius 2 is 1.96 bits per heavy atom. The summed E-state index contributed by atoms with van der Waals surface area (Å²) in [6, 6.07) is 13.0. The molecule has 0 atom stereocenters. The number of para-hydroxylation sites is 1. The molecule has 1 aromatic heterocycles. The van der Waals surface area contributed by atoms with Crippen LogP contribution >= 0.6 is 22.9 Å². The molecule has 1 amide bonds. The van der Waals surface area contributed by atoms with Crippen LogP contribution < -0.4 is 10.1 Å². The van der Waals surface area contributed by atoms with Gasteiger partial charge in [0.1, 0.15) is 12.4 Å². The lowest BCUT2D eigenvalue weighted by atomic mass is 10.1. The zero-order valence-electron chi connectivity index (χ0n) is 14.2. The fourth-order valence-corrected chi connectivity index (χ4v) is 2.93. The number of nitro benzene ring substituents is 1. The molecule has 0 fully saturated rings. The highest BCUT2D eigenvalue weighted by molar-refractivity contribution is 7.15. The topological polar surface area (TPSA) is 107 Å². The molecule has 0 unspecified atom stereocenters. The van der Waals surface area contributed by atoms with Gasteiger partial charge in [-0.1, -0.05) is 35.1 Å². The summed E-state index contributed by atoms with van der Waals surface area (Å²) in [4.78, 5) is 22.5. The van der Waals surface area contributed by atoms with Gasteiger partial charge < -0.3 is 4.74 Å². The number of anilines is 1. The van der Waals surface area contributed by atoms with Gasteiger partial charge in [-0.05, 0) is 36.4 Å². The molecule has 8 nitrogen and oxygen atoms in total. The SMILES string of the molecule is O=C(/C=C/c1ccccc1[N+](=O)[O-])Nc1nnc(COc2ccc(Cl)cc2)s1. The molecule has 3 rings (SSSR count). The first-order valence-corrected chi connectivity index (χ1v) is 9.14. The second-order valence-corrected chi connectivity index (χ2v) is 6.88. The largest absolute Gasteiger partial charge is 0.486 e. The van der Waals surface area contributed by atoms with E-state index in [4.69, 9.17) is 16.3 Å². The summed E-state index contributed by atoms with van der Waals surface area (Å²) in [7, 11) is 0. The first kappa shape index (κ1) is 19.5. The van der Waals surface area contributed by atoms with Crippen molar-refractivity contribution in [1.29, 1.82) is 0 Å². The van der Waals surface area contributed by atoms with Crippen LogP contribution in [0.25, 0.3) is 6.08 Å². The number of hydrogen-bond acceptors (Lipinski definition) is 7. The number of nitrogens with one attached hydrogen (secondary N) is 1. The lowest BCUT2D eigenvalue weighted by Gasteiger charge is -2.02. The highest BCUT2D eigenvalue weighted by atomic mass is 35.5. The third-order valence-corrected chi connectivity index (χ3v) is 4.48. The van der Waals surface area contributed by atoms with E-state index in [0.717, 1.165) is 0 Å². The zero-order chi connectivity index (χ0) is 19.9. The first-order chi connectivity index (χ1) is 13.5. The number of aromatic nitrogens is 2. The number of carbonyl (C=O) groups excluding carboxylic acids is 1. The minimum absolute atomic E-state index is 0.0795. The minimum Gasteiger partial charge on any atom is -0.486 e. The smallest absolute Gasteiger partial charge is 0.276 e. The van der Waals surface area contributed by atoms with Crippen molar-refractivity contribution in [3.05, 3.63) is 80.3 Å². The molecule has 0 bridgehead atoms. The lowest BCUT2D eigenvalue weighted by molar-refractivity contribution is -0.385. The van der Waals surface area contributed by atoms with Gasteiger partial charge in [-0.3, -0.25) is 20.2 Å². The van der Waals surface area contributed by atoms with Gasteiger partial charge in [0.15, 0.2) is 5.01 Å². The van der Waals surface area contributed by atoms with Crippen molar-refractivity contribution in [3.8, 4) is 5.75 Å². The van der Waals surface area contributed by atoms with Crippen LogP contribution in [0, 0.1) is 10.1 Å². The van der Waals surface area contributed by atoms with Gasteiger partial charge in [-0.15, -0.1) is 10.2 Å². The molecule has 10 heteroatoms. The van der Waals surface area contributed by atoms with Gasteiger partial charge in [-0.25, -0.2) is 0 Å². The third-order valence-electron chi connectivity index (χ3n) is 3.42. The van der Waals surface area contributed by atoms with Crippen LogP contribution in [0.4, 0.5) is 10.8 Å². The third kappa shape index (κ3) is 5.35. The van der Waals surface area contributed by atoms with Gasteiger partial charge in [0.25, 0.3) is 5.69 Å². The van der Waals surface area contributed by atoms with Crippen LogP contribution in [-0.4, -0.2) is 21.0 Å². The second-order valence-electron chi connectivity index (χ2n) is 5.38. The number of benzene rings is 2. The molecular formula is C18H13ClN4O4S. The molecule has 0 aliphatic carbocycles. The van der Waals surface area contributed by atoms with Crippen LogP contribution in [0.5, 0.6) is 5.75 Å². The van der Waals surface area contributed by atoms with E-state index < -0.39 is 10.8 Å². The predicted molar refractivity (Wildman–Crippen MR) is 106 cm³/mol. The second kappa shape index (κ2) is 9.07. The maximum Gasteiger partial charge on any atom is 0.276 e. The van der Waals surface area contributed by atoms with Crippen molar-refractivity contribution in [3.63, 3.8) is 0 Å². The molecule has 0 saturated heterocycles. The first-order valence-electron chi connectivity index (χ1n) is 7.94. The average Bonchev–Trinajstić information content (AvgIpc) is 3.13. The molecule has 142 valence electrons. The Labute approximate surface area is 168 Å². The number of halogens is 1. The molecule has 0 aliphatic heterocycles. The predicted octanol–water partition coefficient (Wildman–Crippen LogP) is 4.33. The molecule has 0 saturated carbocycles. The number of nitrogens with zero attached hydrogens (tertiary/aromatic N) is 3. The van der Waals surface area contributed by atoms with E-state index in [-0.39, 0.29) is 12.3 Å². The summed E-state index contributed by atoms with van der Waals surface area (Å²) in [6.45, 7) is 0.196. The van der Waals surface area contributed by atoms with Crippen LogP contribution in [0.3, 0.4) is 0 Å². The molecule has 3 aromatic rings. The molecule has 1 heterocycles.